The van der Waals surface area contributed by atoms with Crippen LogP contribution in [0.25, 0.3) is 0 Å². The van der Waals surface area contributed by atoms with Gasteiger partial charge in [0, 0.05) is 0 Å². The molecule has 0 saturated carbocycles. The normalized spacial score (nSPS) is 9.00. The maximum Gasteiger partial charge on any atom is 0.442 e. The summed E-state index contributed by atoms with van der Waals surface area (Å²) in [6.45, 7) is 0. The monoisotopic (exact) mass is 131 g/mol. The van der Waals surface area contributed by atoms with Crippen molar-refractivity contribution < 1.29 is 4.92 Å². The second kappa shape index (κ2) is 1.83. The first-order chi connectivity index (χ1) is 3.80. The Bertz CT molecular complexity index is 183. The maximum absolute atomic E-state index is 9.78. The quantitative estimate of drug-likeness (QED) is 0.409. The van der Waals surface area contributed by atoms with Gasteiger partial charge in [-0.15, -0.1) is 4.37 Å². The van der Waals surface area contributed by atoms with Gasteiger partial charge in [0.2, 0.25) is 6.33 Å². The molecule has 0 spiro atoms. The fraction of sp³-hybridized carbons (Fsp3) is 0. The van der Waals surface area contributed by atoms with Crippen molar-refractivity contribution >= 4 is 16.7 Å². The summed E-state index contributed by atoms with van der Waals surface area (Å²) < 4.78 is 3.43. The minimum atomic E-state index is -0.572. The van der Waals surface area contributed by atoms with Crippen LogP contribution in [-0.4, -0.2) is 14.3 Å². The standard InChI is InChI=1S/C2HN3O2S/c6-5(7)2-3-1-4-8-2/h1H. The molecule has 0 amide bonds. The third-order valence-corrected chi connectivity index (χ3v) is 1.12. The molecule has 6 heteroatoms. The second-order valence-electron chi connectivity index (χ2n) is 0.981. The maximum atomic E-state index is 9.78. The van der Waals surface area contributed by atoms with Crippen LogP contribution in [0.2, 0.25) is 0 Å². The fourth-order valence-corrected chi connectivity index (χ4v) is 0.597. The molecule has 8 heavy (non-hydrogen) atoms. The Labute approximate surface area is 48.3 Å². The number of nitro groups is 1. The molecule has 0 aromatic carbocycles. The van der Waals surface area contributed by atoms with E-state index in [1.165, 1.54) is 0 Å². The minimum Gasteiger partial charge on any atom is -0.357 e. The van der Waals surface area contributed by atoms with Crippen LogP contribution in [0.4, 0.5) is 5.13 Å². The van der Waals surface area contributed by atoms with Crippen molar-refractivity contribution in [3.63, 3.8) is 0 Å². The van der Waals surface area contributed by atoms with Crippen LogP contribution in [0.5, 0.6) is 0 Å². The zero-order valence-corrected chi connectivity index (χ0v) is 4.46. The summed E-state index contributed by atoms with van der Waals surface area (Å²) in [5.74, 6) is 0. The second-order valence-corrected chi connectivity index (χ2v) is 1.74. The smallest absolute Gasteiger partial charge is 0.357 e. The van der Waals surface area contributed by atoms with Crippen molar-refractivity contribution in [2.75, 3.05) is 0 Å². The van der Waals surface area contributed by atoms with Crippen molar-refractivity contribution in [1.82, 2.24) is 9.36 Å². The highest BCUT2D eigenvalue weighted by atomic mass is 32.1. The molecular formula is C2HN3O2S. The van der Waals surface area contributed by atoms with E-state index in [1.54, 1.807) is 0 Å². The molecule has 0 fully saturated rings. The molecule has 0 atom stereocenters. The lowest BCUT2D eigenvalue weighted by atomic mass is 11.2. The van der Waals surface area contributed by atoms with Gasteiger partial charge in [0.25, 0.3) is 0 Å². The van der Waals surface area contributed by atoms with E-state index in [0.717, 1.165) is 17.9 Å². The number of hydrogen-bond donors (Lipinski definition) is 0. The van der Waals surface area contributed by atoms with Gasteiger partial charge in [0.05, 0.1) is 11.5 Å². The molecule has 0 unspecified atom stereocenters. The van der Waals surface area contributed by atoms with E-state index >= 15 is 0 Å². The van der Waals surface area contributed by atoms with Gasteiger partial charge >= 0.3 is 5.13 Å². The molecule has 0 aliphatic rings. The van der Waals surface area contributed by atoms with Gasteiger partial charge in [-0.05, 0) is 9.91 Å². The number of hydrogen-bond acceptors (Lipinski definition) is 5. The predicted molar refractivity (Wildman–Crippen MR) is 26.6 cm³/mol. The lowest BCUT2D eigenvalue weighted by Gasteiger charge is -1.79. The molecule has 0 radical (unpaired) electrons. The molecule has 0 bridgehead atoms. The van der Waals surface area contributed by atoms with Gasteiger partial charge in [-0.2, -0.15) is 0 Å². The van der Waals surface area contributed by atoms with Crippen LogP contribution >= 0.6 is 11.5 Å². The van der Waals surface area contributed by atoms with Crippen molar-refractivity contribution in [3.05, 3.63) is 16.4 Å². The van der Waals surface area contributed by atoms with Crippen molar-refractivity contribution in [3.8, 4) is 0 Å². The van der Waals surface area contributed by atoms with Crippen LogP contribution in [0.3, 0.4) is 0 Å². The van der Waals surface area contributed by atoms with E-state index in [2.05, 4.69) is 9.36 Å². The van der Waals surface area contributed by atoms with E-state index < -0.39 is 4.92 Å². The summed E-state index contributed by atoms with van der Waals surface area (Å²) >= 11 is 0.771. The molecule has 1 aromatic rings. The topological polar surface area (TPSA) is 68.9 Å². The SMILES string of the molecule is O=[N+]([O-])c1ncns1. The molecular weight excluding hydrogens is 130 g/mol. The summed E-state index contributed by atoms with van der Waals surface area (Å²) in [5.41, 5.74) is 0. The van der Waals surface area contributed by atoms with Crippen molar-refractivity contribution in [2.45, 2.75) is 0 Å². The summed E-state index contributed by atoms with van der Waals surface area (Å²) in [4.78, 5) is 12.5. The lowest BCUT2D eigenvalue weighted by molar-refractivity contribution is -0.384. The van der Waals surface area contributed by atoms with Crippen molar-refractivity contribution in [1.29, 1.82) is 0 Å². The average molecular weight is 131 g/mol. The van der Waals surface area contributed by atoms with Crippen LogP contribution in [-0.2, 0) is 0 Å². The third kappa shape index (κ3) is 0.784. The summed E-state index contributed by atoms with van der Waals surface area (Å²) in [6.07, 6.45) is 1.16. The first-order valence-corrected chi connectivity index (χ1v) is 2.49. The highest BCUT2D eigenvalue weighted by Gasteiger charge is 2.05. The number of rotatable bonds is 1. The highest BCUT2D eigenvalue weighted by Crippen LogP contribution is 2.08. The average Bonchev–Trinajstić information content (AvgIpc) is 2.12. The summed E-state index contributed by atoms with van der Waals surface area (Å²) in [7, 11) is 0. The molecule has 5 nitrogen and oxygen atoms in total. The number of aromatic nitrogens is 2. The molecule has 0 aliphatic heterocycles. The van der Waals surface area contributed by atoms with Gasteiger partial charge in [-0.25, -0.2) is 0 Å². The first-order valence-electron chi connectivity index (χ1n) is 1.72. The summed E-state index contributed by atoms with van der Waals surface area (Å²) in [5, 5.41) is 9.61. The molecule has 1 heterocycles. The molecule has 0 N–H and O–H groups in total. The Kier molecular flexibility index (Phi) is 1.17. The van der Waals surface area contributed by atoms with E-state index in [0.29, 0.717) is 0 Å². The van der Waals surface area contributed by atoms with Crippen molar-refractivity contribution in [2.24, 2.45) is 0 Å². The largest absolute Gasteiger partial charge is 0.442 e. The van der Waals surface area contributed by atoms with Crippen LogP contribution in [0, 0.1) is 10.1 Å². The highest BCUT2D eigenvalue weighted by molar-refractivity contribution is 7.08. The van der Waals surface area contributed by atoms with E-state index in [-0.39, 0.29) is 5.13 Å². The third-order valence-electron chi connectivity index (χ3n) is 0.506. The van der Waals surface area contributed by atoms with E-state index in [9.17, 15) is 10.1 Å². The Balaban J connectivity index is 2.93. The van der Waals surface area contributed by atoms with Gasteiger partial charge in [-0.3, -0.25) is 0 Å². The Morgan fingerprint density at radius 3 is 2.88 bits per heavy atom. The van der Waals surface area contributed by atoms with Crippen LogP contribution in [0.15, 0.2) is 6.33 Å². The first kappa shape index (κ1) is 5.10. The van der Waals surface area contributed by atoms with Gasteiger partial charge in [0.15, 0.2) is 0 Å². The summed E-state index contributed by atoms with van der Waals surface area (Å²) in [6, 6.07) is 0. The molecule has 1 aromatic heterocycles. The molecule has 1 rings (SSSR count). The van der Waals surface area contributed by atoms with Gasteiger partial charge in [-0.1, -0.05) is 0 Å². The number of nitrogens with zero attached hydrogens (tertiary/aromatic N) is 3. The molecule has 0 saturated heterocycles. The molecule has 0 aliphatic carbocycles. The van der Waals surface area contributed by atoms with Gasteiger partial charge in [0.1, 0.15) is 0 Å². The zero-order valence-electron chi connectivity index (χ0n) is 3.64. The van der Waals surface area contributed by atoms with E-state index in [4.69, 9.17) is 0 Å². The fourth-order valence-electron chi connectivity index (χ4n) is 0.248. The zero-order chi connectivity index (χ0) is 5.98. The minimum absolute atomic E-state index is 0.162. The van der Waals surface area contributed by atoms with E-state index in [1.807, 2.05) is 0 Å². The molecule has 42 valence electrons. The predicted octanol–water partition coefficient (Wildman–Crippen LogP) is 0.446. The Hall–Kier alpha value is -1.04. The Morgan fingerprint density at radius 2 is 2.62 bits per heavy atom. The van der Waals surface area contributed by atoms with Crippen LogP contribution in [0.1, 0.15) is 0 Å². The van der Waals surface area contributed by atoms with Gasteiger partial charge < -0.3 is 10.1 Å². The Morgan fingerprint density at radius 1 is 1.88 bits per heavy atom. The van der Waals surface area contributed by atoms with Crippen LogP contribution < -0.4 is 0 Å². The lowest BCUT2D eigenvalue weighted by Crippen LogP contribution is -1.83.